The molecule has 2 rings (SSSR count). The number of imide groups is 1. The smallest absolute Gasteiger partial charge is 0.297 e. The van der Waals surface area contributed by atoms with Gasteiger partial charge >= 0.3 is 6.03 Å². The summed E-state index contributed by atoms with van der Waals surface area (Å²) in [5, 5.41) is 6.06. The van der Waals surface area contributed by atoms with E-state index in [1.54, 1.807) is 6.92 Å². The van der Waals surface area contributed by atoms with Crippen molar-refractivity contribution in [3.63, 3.8) is 0 Å². The number of rotatable bonds is 1. The molecule has 0 saturated carbocycles. The number of carbonyl (C=O) groups is 3. The van der Waals surface area contributed by atoms with Gasteiger partial charge < -0.3 is 0 Å². The molecule has 5 nitrogen and oxygen atoms in total. The van der Waals surface area contributed by atoms with Crippen LogP contribution in [0.1, 0.15) is 25.6 Å². The van der Waals surface area contributed by atoms with Gasteiger partial charge in [-0.3, -0.25) is 14.9 Å². The van der Waals surface area contributed by atoms with E-state index in [1.807, 2.05) is 0 Å². The molecule has 0 atom stereocenters. The highest BCUT2D eigenvalue weighted by atomic mass is 32.1. The summed E-state index contributed by atoms with van der Waals surface area (Å²) in [6, 6.07) is -0.679. The molecule has 0 fully saturated rings. The van der Waals surface area contributed by atoms with Gasteiger partial charge in [-0.05, 0) is 12.5 Å². The first-order valence-corrected chi connectivity index (χ1v) is 4.60. The molecular formula is C8H5N2O3S. The van der Waals surface area contributed by atoms with E-state index in [-0.39, 0.29) is 0 Å². The summed E-state index contributed by atoms with van der Waals surface area (Å²) >= 11 is 1.09. The lowest BCUT2D eigenvalue weighted by atomic mass is 10.1. The number of thiophene rings is 1. The zero-order valence-electron chi connectivity index (χ0n) is 7.16. The maximum Gasteiger partial charge on any atom is 0.349 e. The number of amides is 3. The molecule has 14 heavy (non-hydrogen) atoms. The molecule has 1 radical (unpaired) electrons. The van der Waals surface area contributed by atoms with Gasteiger partial charge in [0.2, 0.25) is 0 Å². The Morgan fingerprint density at radius 3 is 2.79 bits per heavy atom. The van der Waals surface area contributed by atoms with E-state index in [0.717, 1.165) is 11.3 Å². The lowest BCUT2D eigenvalue weighted by Crippen LogP contribution is -2.33. The Labute approximate surface area is 83.1 Å². The minimum atomic E-state index is -0.679. The molecule has 1 aromatic rings. The summed E-state index contributed by atoms with van der Waals surface area (Å²) < 4.78 is 0. The molecule has 2 heterocycles. The first-order chi connectivity index (χ1) is 6.63. The Morgan fingerprint density at radius 2 is 2.14 bits per heavy atom. The molecule has 0 aromatic carbocycles. The monoisotopic (exact) mass is 209 g/mol. The van der Waals surface area contributed by atoms with Crippen LogP contribution in [0.5, 0.6) is 0 Å². The van der Waals surface area contributed by atoms with E-state index >= 15 is 0 Å². The van der Waals surface area contributed by atoms with Crippen LogP contribution in [0.3, 0.4) is 0 Å². The number of hydrogen-bond donors (Lipinski definition) is 1. The van der Waals surface area contributed by atoms with Crippen LogP contribution in [0.25, 0.3) is 0 Å². The van der Waals surface area contributed by atoms with Gasteiger partial charge in [-0.2, -0.15) is 5.32 Å². The van der Waals surface area contributed by atoms with E-state index < -0.39 is 11.9 Å². The minimum absolute atomic E-state index is 0.330. The standard InChI is InChI=1S/C8H5N2O3S/c1-3-4(2-11)14-7-5(3)6(12)9-8(13)10-7/h2H,1H3,(H,10,13). The van der Waals surface area contributed by atoms with E-state index in [1.165, 1.54) is 0 Å². The number of aldehydes is 1. The second-order valence-corrected chi connectivity index (χ2v) is 3.81. The zero-order valence-corrected chi connectivity index (χ0v) is 7.97. The second-order valence-electron chi connectivity index (χ2n) is 2.76. The van der Waals surface area contributed by atoms with E-state index in [9.17, 15) is 14.4 Å². The highest BCUT2D eigenvalue weighted by Crippen LogP contribution is 2.33. The quantitative estimate of drug-likeness (QED) is 0.705. The van der Waals surface area contributed by atoms with Gasteiger partial charge in [0.25, 0.3) is 5.91 Å². The van der Waals surface area contributed by atoms with Gasteiger partial charge in [-0.25, -0.2) is 4.79 Å². The molecule has 1 N–H and O–H groups in total. The summed E-state index contributed by atoms with van der Waals surface area (Å²) in [7, 11) is 0. The van der Waals surface area contributed by atoms with E-state index in [0.29, 0.717) is 27.3 Å². The maximum atomic E-state index is 11.3. The van der Waals surface area contributed by atoms with Crippen LogP contribution in [0.4, 0.5) is 9.80 Å². The Hall–Kier alpha value is -1.69. The Kier molecular flexibility index (Phi) is 1.85. The maximum absolute atomic E-state index is 11.3. The Bertz CT molecular complexity index is 450. The SMILES string of the molecule is Cc1c(C=O)sc2c1C(=O)[N]C(=O)N2. The fourth-order valence-corrected chi connectivity index (χ4v) is 2.27. The van der Waals surface area contributed by atoms with Crippen LogP contribution in [-0.2, 0) is 0 Å². The summed E-state index contributed by atoms with van der Waals surface area (Å²) in [5.74, 6) is -0.578. The molecule has 0 saturated heterocycles. The first kappa shape index (κ1) is 8.89. The Morgan fingerprint density at radius 1 is 1.43 bits per heavy atom. The zero-order chi connectivity index (χ0) is 10.3. The second kappa shape index (κ2) is 2.91. The summed E-state index contributed by atoms with van der Waals surface area (Å²) in [5.41, 5.74) is 0.908. The number of hydrogen-bond acceptors (Lipinski definition) is 4. The van der Waals surface area contributed by atoms with Crippen molar-refractivity contribution >= 4 is 34.6 Å². The van der Waals surface area contributed by atoms with Crippen LogP contribution in [-0.4, -0.2) is 18.2 Å². The topological polar surface area (TPSA) is 77.3 Å². The lowest BCUT2D eigenvalue weighted by Gasteiger charge is -2.10. The highest BCUT2D eigenvalue weighted by Gasteiger charge is 2.29. The van der Waals surface area contributed by atoms with Crippen molar-refractivity contribution in [3.8, 4) is 0 Å². The molecule has 1 aliphatic rings. The molecular weight excluding hydrogens is 204 g/mol. The number of nitrogens with one attached hydrogen (secondary N) is 1. The number of anilines is 1. The van der Waals surface area contributed by atoms with E-state index in [4.69, 9.17) is 0 Å². The molecule has 6 heteroatoms. The van der Waals surface area contributed by atoms with Gasteiger partial charge in [-0.15, -0.1) is 11.3 Å². The number of urea groups is 1. The largest absolute Gasteiger partial charge is 0.349 e. The molecule has 1 aliphatic heterocycles. The third-order valence-electron chi connectivity index (χ3n) is 1.93. The average molecular weight is 209 g/mol. The van der Waals surface area contributed by atoms with Crippen molar-refractivity contribution in [3.05, 3.63) is 16.0 Å². The molecule has 0 bridgehead atoms. The van der Waals surface area contributed by atoms with Crippen molar-refractivity contribution < 1.29 is 14.4 Å². The average Bonchev–Trinajstić information content (AvgIpc) is 2.42. The number of nitrogens with zero attached hydrogens (tertiary/aromatic N) is 1. The van der Waals surface area contributed by atoms with Crippen LogP contribution < -0.4 is 10.6 Å². The van der Waals surface area contributed by atoms with Crippen LogP contribution in [0.15, 0.2) is 0 Å². The number of fused-ring (bicyclic) bond motifs is 1. The van der Waals surface area contributed by atoms with Gasteiger partial charge in [0.05, 0.1) is 10.4 Å². The van der Waals surface area contributed by atoms with Crippen molar-refractivity contribution in [2.45, 2.75) is 6.92 Å². The highest BCUT2D eigenvalue weighted by molar-refractivity contribution is 7.18. The van der Waals surface area contributed by atoms with Crippen LogP contribution in [0.2, 0.25) is 0 Å². The third kappa shape index (κ3) is 1.12. The summed E-state index contributed by atoms with van der Waals surface area (Å²) in [4.78, 5) is 33.2. The van der Waals surface area contributed by atoms with Gasteiger partial charge in [0.15, 0.2) is 6.29 Å². The van der Waals surface area contributed by atoms with Gasteiger partial charge in [-0.1, -0.05) is 0 Å². The van der Waals surface area contributed by atoms with Gasteiger partial charge in [0, 0.05) is 0 Å². The fourth-order valence-electron chi connectivity index (χ4n) is 1.26. The fraction of sp³-hybridized carbons (Fsp3) is 0.125. The van der Waals surface area contributed by atoms with Crippen molar-refractivity contribution in [1.29, 1.82) is 0 Å². The third-order valence-corrected chi connectivity index (χ3v) is 3.06. The summed E-state index contributed by atoms with van der Waals surface area (Å²) in [6.07, 6.45) is 0.664. The molecule has 0 aliphatic carbocycles. The molecule has 1 aromatic heterocycles. The van der Waals surface area contributed by atoms with Crippen molar-refractivity contribution in [1.82, 2.24) is 5.32 Å². The molecule has 0 unspecified atom stereocenters. The van der Waals surface area contributed by atoms with Crippen LogP contribution >= 0.6 is 11.3 Å². The van der Waals surface area contributed by atoms with E-state index in [2.05, 4.69) is 10.6 Å². The van der Waals surface area contributed by atoms with Crippen LogP contribution in [0, 0.1) is 6.92 Å². The minimum Gasteiger partial charge on any atom is -0.297 e. The molecule has 3 amide bonds. The predicted molar refractivity (Wildman–Crippen MR) is 49.9 cm³/mol. The predicted octanol–water partition coefficient (Wildman–Crippen LogP) is 1.16. The molecule has 0 spiro atoms. The first-order valence-electron chi connectivity index (χ1n) is 3.79. The molecule has 71 valence electrons. The van der Waals surface area contributed by atoms with Crippen molar-refractivity contribution in [2.75, 3.05) is 5.32 Å². The number of carbonyl (C=O) groups excluding carboxylic acids is 3. The Balaban J connectivity index is 2.62. The summed E-state index contributed by atoms with van der Waals surface area (Å²) in [6.45, 7) is 1.66. The van der Waals surface area contributed by atoms with Gasteiger partial charge in [0.1, 0.15) is 5.00 Å². The van der Waals surface area contributed by atoms with Crippen molar-refractivity contribution in [2.24, 2.45) is 0 Å². The lowest BCUT2D eigenvalue weighted by molar-refractivity contribution is 0.0960. The normalized spacial score (nSPS) is 14.4.